The standard InChI is InChI=1S/C11H15NO2S/c1-8-2-4-9(5-3-8)6-12-10(7-15)11(13)14/h2-5,10,12,15H,6-7H2,1H3,(H,13,14). The predicted molar refractivity (Wildman–Crippen MR) is 63.3 cm³/mol. The number of thiol groups is 1. The number of carbonyl (C=O) groups is 1. The maximum absolute atomic E-state index is 10.7. The van der Waals surface area contributed by atoms with Gasteiger partial charge in [-0.25, -0.2) is 0 Å². The Morgan fingerprint density at radius 3 is 2.53 bits per heavy atom. The normalized spacial score (nSPS) is 12.4. The van der Waals surface area contributed by atoms with Gasteiger partial charge in [0.15, 0.2) is 0 Å². The smallest absolute Gasteiger partial charge is 0.321 e. The molecule has 1 aromatic carbocycles. The Labute approximate surface area is 94.9 Å². The fourth-order valence-corrected chi connectivity index (χ4v) is 1.46. The summed E-state index contributed by atoms with van der Waals surface area (Å²) in [6, 6.07) is 7.40. The molecule has 4 heteroatoms. The molecule has 0 aromatic heterocycles. The van der Waals surface area contributed by atoms with E-state index in [1.165, 1.54) is 5.56 Å². The molecule has 0 fully saturated rings. The lowest BCUT2D eigenvalue weighted by atomic mass is 10.1. The van der Waals surface area contributed by atoms with E-state index in [4.69, 9.17) is 5.11 Å². The molecule has 1 atom stereocenters. The molecule has 0 heterocycles. The summed E-state index contributed by atoms with van der Waals surface area (Å²) in [5.74, 6) is -0.571. The summed E-state index contributed by atoms with van der Waals surface area (Å²) >= 11 is 3.97. The first-order chi connectivity index (χ1) is 7.13. The highest BCUT2D eigenvalue weighted by molar-refractivity contribution is 7.80. The van der Waals surface area contributed by atoms with Crippen molar-refractivity contribution < 1.29 is 9.90 Å². The SMILES string of the molecule is Cc1ccc(CNC(CS)C(=O)O)cc1. The fourth-order valence-electron chi connectivity index (χ4n) is 1.18. The van der Waals surface area contributed by atoms with Crippen LogP contribution in [0.5, 0.6) is 0 Å². The molecular formula is C11H15NO2S. The van der Waals surface area contributed by atoms with Gasteiger partial charge in [0, 0.05) is 12.3 Å². The Bertz CT molecular complexity index is 324. The number of nitrogens with one attached hydrogen (secondary N) is 1. The third-order valence-electron chi connectivity index (χ3n) is 2.15. The predicted octanol–water partition coefficient (Wildman–Crippen LogP) is 1.47. The molecule has 2 N–H and O–H groups in total. The molecular weight excluding hydrogens is 210 g/mol. The molecule has 0 bridgehead atoms. The number of carboxylic acid groups (broad SMARTS) is 1. The number of aliphatic carboxylic acids is 1. The molecule has 1 aromatic rings. The van der Waals surface area contributed by atoms with E-state index in [0.717, 1.165) is 5.56 Å². The first kappa shape index (κ1) is 12.1. The second-order valence-corrected chi connectivity index (χ2v) is 3.81. The van der Waals surface area contributed by atoms with Gasteiger partial charge in [0.2, 0.25) is 0 Å². The molecule has 82 valence electrons. The summed E-state index contributed by atoms with van der Waals surface area (Å²) in [5, 5.41) is 11.7. The summed E-state index contributed by atoms with van der Waals surface area (Å²) < 4.78 is 0. The second kappa shape index (κ2) is 5.78. The average Bonchev–Trinajstić information content (AvgIpc) is 2.21. The average molecular weight is 225 g/mol. The van der Waals surface area contributed by atoms with Crippen LogP contribution in [0.25, 0.3) is 0 Å². The molecule has 0 aliphatic carbocycles. The van der Waals surface area contributed by atoms with Gasteiger partial charge in [-0.2, -0.15) is 12.6 Å². The zero-order valence-electron chi connectivity index (χ0n) is 8.60. The highest BCUT2D eigenvalue weighted by Crippen LogP contribution is 2.03. The zero-order chi connectivity index (χ0) is 11.3. The van der Waals surface area contributed by atoms with Crippen LogP contribution in [-0.4, -0.2) is 22.9 Å². The van der Waals surface area contributed by atoms with E-state index in [2.05, 4.69) is 17.9 Å². The summed E-state index contributed by atoms with van der Waals surface area (Å²) in [4.78, 5) is 10.7. The van der Waals surface area contributed by atoms with Gasteiger partial charge in [-0.15, -0.1) is 0 Å². The highest BCUT2D eigenvalue weighted by Gasteiger charge is 2.13. The van der Waals surface area contributed by atoms with E-state index in [9.17, 15) is 4.79 Å². The summed E-state index contributed by atoms with van der Waals surface area (Å²) in [5.41, 5.74) is 2.27. The summed E-state index contributed by atoms with van der Waals surface area (Å²) in [6.45, 7) is 2.57. The minimum absolute atomic E-state index is 0.293. The van der Waals surface area contributed by atoms with Crippen molar-refractivity contribution in [3.63, 3.8) is 0 Å². The van der Waals surface area contributed by atoms with Crippen LogP contribution in [0.3, 0.4) is 0 Å². The Hall–Kier alpha value is -1.00. The molecule has 0 radical (unpaired) electrons. The molecule has 3 nitrogen and oxygen atoms in total. The van der Waals surface area contributed by atoms with Crippen molar-refractivity contribution >= 4 is 18.6 Å². The van der Waals surface area contributed by atoms with Crippen molar-refractivity contribution in [2.75, 3.05) is 5.75 Å². The number of aryl methyl sites for hydroxylation is 1. The lowest BCUT2D eigenvalue weighted by Crippen LogP contribution is -2.37. The molecule has 0 aliphatic heterocycles. The zero-order valence-corrected chi connectivity index (χ0v) is 9.50. The lowest BCUT2D eigenvalue weighted by Gasteiger charge is -2.11. The van der Waals surface area contributed by atoms with Crippen molar-refractivity contribution in [2.24, 2.45) is 0 Å². The Kier molecular flexibility index (Phi) is 4.65. The van der Waals surface area contributed by atoms with Gasteiger partial charge in [-0.3, -0.25) is 10.1 Å². The highest BCUT2D eigenvalue weighted by atomic mass is 32.1. The van der Waals surface area contributed by atoms with E-state index < -0.39 is 12.0 Å². The van der Waals surface area contributed by atoms with Gasteiger partial charge in [0.05, 0.1) is 0 Å². The van der Waals surface area contributed by atoms with Gasteiger partial charge in [0.1, 0.15) is 6.04 Å². The Balaban J connectivity index is 2.49. The van der Waals surface area contributed by atoms with E-state index in [1.807, 2.05) is 31.2 Å². The van der Waals surface area contributed by atoms with Crippen LogP contribution in [0.15, 0.2) is 24.3 Å². The van der Waals surface area contributed by atoms with Gasteiger partial charge in [-0.1, -0.05) is 29.8 Å². The number of hydrogen-bond donors (Lipinski definition) is 3. The van der Waals surface area contributed by atoms with Gasteiger partial charge in [-0.05, 0) is 12.5 Å². The largest absolute Gasteiger partial charge is 0.480 e. The van der Waals surface area contributed by atoms with Crippen molar-refractivity contribution in [3.8, 4) is 0 Å². The van der Waals surface area contributed by atoms with Gasteiger partial charge >= 0.3 is 5.97 Å². The van der Waals surface area contributed by atoms with Crippen LogP contribution in [0.4, 0.5) is 0 Å². The molecule has 15 heavy (non-hydrogen) atoms. The molecule has 0 saturated heterocycles. The number of benzene rings is 1. The van der Waals surface area contributed by atoms with Crippen molar-refractivity contribution in [1.29, 1.82) is 0 Å². The Morgan fingerprint density at radius 2 is 2.07 bits per heavy atom. The minimum atomic E-state index is -0.864. The second-order valence-electron chi connectivity index (χ2n) is 3.44. The van der Waals surface area contributed by atoms with E-state index in [-0.39, 0.29) is 0 Å². The van der Waals surface area contributed by atoms with E-state index in [0.29, 0.717) is 12.3 Å². The lowest BCUT2D eigenvalue weighted by molar-refractivity contribution is -0.138. The number of rotatable bonds is 5. The van der Waals surface area contributed by atoms with Crippen LogP contribution in [0.2, 0.25) is 0 Å². The quantitative estimate of drug-likeness (QED) is 0.665. The van der Waals surface area contributed by atoms with E-state index >= 15 is 0 Å². The van der Waals surface area contributed by atoms with Gasteiger partial charge in [0.25, 0.3) is 0 Å². The summed E-state index contributed by atoms with van der Waals surface area (Å²) in [6.07, 6.45) is 0. The first-order valence-electron chi connectivity index (χ1n) is 4.76. The van der Waals surface area contributed by atoms with Gasteiger partial charge < -0.3 is 5.11 Å². The molecule has 1 unspecified atom stereocenters. The molecule has 0 spiro atoms. The number of carboxylic acids is 1. The maximum Gasteiger partial charge on any atom is 0.321 e. The Morgan fingerprint density at radius 1 is 1.47 bits per heavy atom. The van der Waals surface area contributed by atoms with Crippen molar-refractivity contribution in [2.45, 2.75) is 19.5 Å². The fraction of sp³-hybridized carbons (Fsp3) is 0.364. The van der Waals surface area contributed by atoms with Crippen molar-refractivity contribution in [3.05, 3.63) is 35.4 Å². The van der Waals surface area contributed by atoms with E-state index in [1.54, 1.807) is 0 Å². The third kappa shape index (κ3) is 3.93. The topological polar surface area (TPSA) is 49.3 Å². The van der Waals surface area contributed by atoms with Crippen LogP contribution < -0.4 is 5.32 Å². The van der Waals surface area contributed by atoms with Crippen LogP contribution in [0, 0.1) is 6.92 Å². The van der Waals surface area contributed by atoms with Crippen LogP contribution in [0.1, 0.15) is 11.1 Å². The van der Waals surface area contributed by atoms with Crippen LogP contribution >= 0.6 is 12.6 Å². The first-order valence-corrected chi connectivity index (χ1v) is 5.39. The maximum atomic E-state index is 10.7. The molecule has 1 rings (SSSR count). The third-order valence-corrected chi connectivity index (χ3v) is 2.52. The van der Waals surface area contributed by atoms with Crippen molar-refractivity contribution in [1.82, 2.24) is 5.32 Å². The number of hydrogen-bond acceptors (Lipinski definition) is 3. The van der Waals surface area contributed by atoms with Crippen LogP contribution in [-0.2, 0) is 11.3 Å². The monoisotopic (exact) mass is 225 g/mol. The molecule has 0 saturated carbocycles. The molecule has 0 amide bonds. The summed E-state index contributed by atoms with van der Waals surface area (Å²) in [7, 11) is 0. The molecule has 0 aliphatic rings. The minimum Gasteiger partial charge on any atom is -0.480 e.